The Morgan fingerprint density at radius 2 is 2.05 bits per heavy atom. The van der Waals surface area contributed by atoms with Gasteiger partial charge in [0.1, 0.15) is 5.75 Å². The van der Waals surface area contributed by atoms with Crippen LogP contribution < -0.4 is 15.2 Å². The number of rotatable bonds is 6. The van der Waals surface area contributed by atoms with Gasteiger partial charge in [0, 0.05) is 18.3 Å². The monoisotopic (exact) mass is 313 g/mol. The zero-order chi connectivity index (χ0) is 14.6. The Morgan fingerprint density at radius 3 is 2.60 bits per heavy atom. The molecule has 0 spiro atoms. The van der Waals surface area contributed by atoms with Gasteiger partial charge in [-0.2, -0.15) is 0 Å². The van der Waals surface area contributed by atoms with Crippen LogP contribution in [0.25, 0.3) is 0 Å². The number of nitrogens with two attached hydrogens (primary N) is 1. The van der Waals surface area contributed by atoms with E-state index in [0.29, 0.717) is 17.3 Å². The van der Waals surface area contributed by atoms with E-state index in [2.05, 4.69) is 9.71 Å². The SMILES string of the molecule is COc1ccc(S(=O)(=O)NCCc2csc(N)n2)cc1. The molecular weight excluding hydrogens is 298 g/mol. The summed E-state index contributed by atoms with van der Waals surface area (Å²) in [5.74, 6) is 0.613. The molecule has 0 bridgehead atoms. The number of nitrogens with zero attached hydrogens (tertiary/aromatic N) is 1. The zero-order valence-electron chi connectivity index (χ0n) is 10.9. The van der Waals surface area contributed by atoms with Gasteiger partial charge in [0.2, 0.25) is 10.0 Å². The minimum atomic E-state index is -3.51. The molecule has 0 aliphatic heterocycles. The number of hydrogen-bond acceptors (Lipinski definition) is 6. The van der Waals surface area contributed by atoms with E-state index < -0.39 is 10.0 Å². The Bertz CT molecular complexity index is 666. The number of methoxy groups -OCH3 is 1. The molecule has 1 aromatic carbocycles. The van der Waals surface area contributed by atoms with Gasteiger partial charge in [-0.25, -0.2) is 18.1 Å². The third-order valence-electron chi connectivity index (χ3n) is 2.61. The number of hydrogen-bond donors (Lipinski definition) is 2. The van der Waals surface area contributed by atoms with Crippen LogP contribution in [-0.2, 0) is 16.4 Å². The van der Waals surface area contributed by atoms with Crippen molar-refractivity contribution in [2.24, 2.45) is 0 Å². The van der Waals surface area contributed by atoms with E-state index in [1.54, 1.807) is 12.1 Å². The van der Waals surface area contributed by atoms with E-state index in [9.17, 15) is 8.42 Å². The van der Waals surface area contributed by atoms with Gasteiger partial charge in [-0.1, -0.05) is 0 Å². The molecule has 0 fully saturated rings. The second kappa shape index (κ2) is 6.21. The number of aromatic nitrogens is 1. The fraction of sp³-hybridized carbons (Fsp3) is 0.250. The van der Waals surface area contributed by atoms with E-state index in [-0.39, 0.29) is 11.4 Å². The summed E-state index contributed by atoms with van der Waals surface area (Å²) in [7, 11) is -1.98. The highest BCUT2D eigenvalue weighted by atomic mass is 32.2. The molecule has 6 nitrogen and oxygen atoms in total. The van der Waals surface area contributed by atoms with Crippen molar-refractivity contribution in [3.63, 3.8) is 0 Å². The zero-order valence-corrected chi connectivity index (χ0v) is 12.5. The van der Waals surface area contributed by atoms with Crippen molar-refractivity contribution in [2.45, 2.75) is 11.3 Å². The predicted octanol–water partition coefficient (Wildman–Crippen LogP) is 1.25. The quantitative estimate of drug-likeness (QED) is 0.837. The molecule has 2 rings (SSSR count). The molecule has 8 heteroatoms. The predicted molar refractivity (Wildman–Crippen MR) is 78.4 cm³/mol. The summed E-state index contributed by atoms with van der Waals surface area (Å²) in [6.07, 6.45) is 0.503. The average molecular weight is 313 g/mol. The van der Waals surface area contributed by atoms with Crippen LogP contribution >= 0.6 is 11.3 Å². The molecule has 3 N–H and O–H groups in total. The van der Waals surface area contributed by atoms with Crippen LogP contribution in [0.5, 0.6) is 5.75 Å². The molecule has 2 aromatic rings. The molecule has 0 aliphatic carbocycles. The maximum atomic E-state index is 12.0. The third kappa shape index (κ3) is 3.69. The summed E-state index contributed by atoms with van der Waals surface area (Å²) in [5.41, 5.74) is 6.29. The second-order valence-electron chi connectivity index (χ2n) is 4.00. The highest BCUT2D eigenvalue weighted by molar-refractivity contribution is 7.89. The van der Waals surface area contributed by atoms with Crippen molar-refractivity contribution in [2.75, 3.05) is 19.4 Å². The van der Waals surface area contributed by atoms with E-state index in [1.807, 2.05) is 5.38 Å². The lowest BCUT2D eigenvalue weighted by Crippen LogP contribution is -2.26. The maximum absolute atomic E-state index is 12.0. The van der Waals surface area contributed by atoms with Crippen LogP contribution in [0.1, 0.15) is 5.69 Å². The van der Waals surface area contributed by atoms with Crippen molar-refractivity contribution in [1.82, 2.24) is 9.71 Å². The van der Waals surface area contributed by atoms with Crippen LogP contribution in [0, 0.1) is 0 Å². The largest absolute Gasteiger partial charge is 0.497 e. The average Bonchev–Trinajstić information content (AvgIpc) is 2.84. The summed E-state index contributed by atoms with van der Waals surface area (Å²) in [6.45, 7) is 0.275. The van der Waals surface area contributed by atoms with Gasteiger partial charge < -0.3 is 10.5 Å². The highest BCUT2D eigenvalue weighted by Gasteiger charge is 2.13. The molecule has 0 saturated heterocycles. The molecule has 0 amide bonds. The summed E-state index contributed by atoms with van der Waals surface area (Å²) < 4.78 is 31.6. The Labute approximate surface area is 121 Å². The van der Waals surface area contributed by atoms with Crippen molar-refractivity contribution >= 4 is 26.5 Å². The molecular formula is C12H15N3O3S2. The van der Waals surface area contributed by atoms with Crippen LogP contribution in [0.4, 0.5) is 5.13 Å². The van der Waals surface area contributed by atoms with Gasteiger partial charge in [0.15, 0.2) is 5.13 Å². The fourth-order valence-electron chi connectivity index (χ4n) is 1.59. The molecule has 0 atom stereocenters. The number of ether oxygens (including phenoxy) is 1. The molecule has 1 aromatic heterocycles. The topological polar surface area (TPSA) is 94.3 Å². The Balaban J connectivity index is 1.96. The van der Waals surface area contributed by atoms with Crippen LogP contribution in [0.3, 0.4) is 0 Å². The lowest BCUT2D eigenvalue weighted by molar-refractivity contribution is 0.414. The first-order valence-electron chi connectivity index (χ1n) is 5.85. The van der Waals surface area contributed by atoms with E-state index in [4.69, 9.17) is 10.5 Å². The molecule has 108 valence electrons. The van der Waals surface area contributed by atoms with Gasteiger partial charge in [-0.15, -0.1) is 11.3 Å². The number of sulfonamides is 1. The molecule has 0 saturated carbocycles. The first-order chi connectivity index (χ1) is 9.51. The minimum Gasteiger partial charge on any atom is -0.497 e. The summed E-state index contributed by atoms with van der Waals surface area (Å²) in [5, 5.41) is 2.30. The smallest absolute Gasteiger partial charge is 0.240 e. The minimum absolute atomic E-state index is 0.205. The van der Waals surface area contributed by atoms with Gasteiger partial charge in [-0.05, 0) is 24.3 Å². The van der Waals surface area contributed by atoms with Gasteiger partial charge in [0.25, 0.3) is 0 Å². The number of nitrogens with one attached hydrogen (secondary N) is 1. The standard InChI is InChI=1S/C12H15N3O3S2/c1-18-10-2-4-11(5-3-10)20(16,17)14-7-6-9-8-19-12(13)15-9/h2-5,8,14H,6-7H2,1H3,(H2,13,15). The first-order valence-corrected chi connectivity index (χ1v) is 8.21. The lowest BCUT2D eigenvalue weighted by Gasteiger charge is -2.06. The molecule has 1 heterocycles. The van der Waals surface area contributed by atoms with Crippen molar-refractivity contribution in [3.8, 4) is 5.75 Å². The van der Waals surface area contributed by atoms with E-state index in [1.165, 1.54) is 30.6 Å². The highest BCUT2D eigenvalue weighted by Crippen LogP contribution is 2.15. The maximum Gasteiger partial charge on any atom is 0.240 e. The second-order valence-corrected chi connectivity index (χ2v) is 6.66. The number of nitrogen functional groups attached to an aromatic ring is 1. The van der Waals surface area contributed by atoms with Crippen molar-refractivity contribution in [3.05, 3.63) is 35.3 Å². The van der Waals surface area contributed by atoms with Gasteiger partial charge >= 0.3 is 0 Å². The third-order valence-corrected chi connectivity index (χ3v) is 4.81. The fourth-order valence-corrected chi connectivity index (χ4v) is 3.22. The summed E-state index contributed by atoms with van der Waals surface area (Å²) >= 11 is 1.34. The van der Waals surface area contributed by atoms with Gasteiger partial charge in [0.05, 0.1) is 17.7 Å². The normalized spacial score (nSPS) is 11.4. The van der Waals surface area contributed by atoms with E-state index >= 15 is 0 Å². The number of anilines is 1. The van der Waals surface area contributed by atoms with Crippen molar-refractivity contribution < 1.29 is 13.2 Å². The van der Waals surface area contributed by atoms with Crippen LogP contribution in [0.2, 0.25) is 0 Å². The molecule has 0 aliphatic rings. The summed E-state index contributed by atoms with van der Waals surface area (Å²) in [6, 6.07) is 6.22. The molecule has 0 radical (unpaired) electrons. The number of thiazole rings is 1. The Hall–Kier alpha value is -1.64. The lowest BCUT2D eigenvalue weighted by atomic mass is 10.3. The number of benzene rings is 1. The molecule has 0 unspecified atom stereocenters. The van der Waals surface area contributed by atoms with Gasteiger partial charge in [-0.3, -0.25) is 0 Å². The first kappa shape index (κ1) is 14.8. The summed E-state index contributed by atoms with van der Waals surface area (Å²) in [4.78, 5) is 4.28. The van der Waals surface area contributed by atoms with E-state index in [0.717, 1.165) is 5.69 Å². The van der Waals surface area contributed by atoms with Crippen LogP contribution in [-0.4, -0.2) is 27.1 Å². The molecule has 20 heavy (non-hydrogen) atoms. The van der Waals surface area contributed by atoms with Crippen LogP contribution in [0.15, 0.2) is 34.5 Å². The van der Waals surface area contributed by atoms with Crippen molar-refractivity contribution in [1.29, 1.82) is 0 Å². The Morgan fingerprint density at radius 1 is 1.35 bits per heavy atom. The Kier molecular flexibility index (Phi) is 4.58.